The lowest BCUT2D eigenvalue weighted by atomic mass is 10.1. The summed E-state index contributed by atoms with van der Waals surface area (Å²) >= 11 is 0. The molecule has 0 aliphatic rings. The fourth-order valence-corrected chi connectivity index (χ4v) is 4.57. The zero-order valence-corrected chi connectivity index (χ0v) is 21.6. The van der Waals surface area contributed by atoms with Gasteiger partial charge in [0.15, 0.2) is 0 Å². The molecule has 2 aromatic heterocycles. The van der Waals surface area contributed by atoms with Gasteiger partial charge in [-0.15, -0.1) is 0 Å². The van der Waals surface area contributed by atoms with Crippen LogP contribution in [0.2, 0.25) is 0 Å². The van der Waals surface area contributed by atoms with E-state index in [2.05, 4.69) is 44.9 Å². The number of pyridine rings is 2. The first-order valence-corrected chi connectivity index (χ1v) is 13.1. The van der Waals surface area contributed by atoms with Crippen molar-refractivity contribution in [1.82, 2.24) is 9.97 Å². The molecule has 0 saturated heterocycles. The van der Waals surface area contributed by atoms with Crippen LogP contribution in [0.3, 0.4) is 0 Å². The number of methoxy groups -OCH3 is 2. The number of hydrogen-bond acceptors (Lipinski definition) is 6. The third-order valence-corrected chi connectivity index (χ3v) is 6.63. The van der Waals surface area contributed by atoms with E-state index in [0.29, 0.717) is 0 Å². The van der Waals surface area contributed by atoms with Gasteiger partial charge in [-0.1, -0.05) is 38.5 Å². The molecule has 0 aliphatic heterocycles. The van der Waals surface area contributed by atoms with Gasteiger partial charge in [0.1, 0.15) is 11.5 Å². The first kappa shape index (κ1) is 25.5. The van der Waals surface area contributed by atoms with E-state index < -0.39 is 0 Å². The minimum absolute atomic E-state index is 0.840. The Kier molecular flexibility index (Phi) is 9.60. The van der Waals surface area contributed by atoms with Crippen LogP contribution < -0.4 is 20.1 Å². The Morgan fingerprint density at radius 2 is 0.972 bits per heavy atom. The fraction of sp³-hybridized carbons (Fsp3) is 0.400. The first-order chi connectivity index (χ1) is 17.8. The molecule has 0 saturated carbocycles. The predicted octanol–water partition coefficient (Wildman–Crippen LogP) is 7.45. The van der Waals surface area contributed by atoms with Crippen LogP contribution in [0.1, 0.15) is 51.4 Å². The van der Waals surface area contributed by atoms with Crippen LogP contribution in [0.15, 0.2) is 60.9 Å². The molecule has 4 rings (SSSR count). The largest absolute Gasteiger partial charge is 0.497 e. The highest BCUT2D eigenvalue weighted by Crippen LogP contribution is 2.26. The second-order valence-corrected chi connectivity index (χ2v) is 9.17. The third kappa shape index (κ3) is 7.00. The van der Waals surface area contributed by atoms with Gasteiger partial charge in [0.2, 0.25) is 0 Å². The second kappa shape index (κ2) is 13.5. The highest BCUT2D eigenvalue weighted by atomic mass is 16.5. The number of fused-ring (bicyclic) bond motifs is 2. The molecule has 2 heterocycles. The molecule has 0 aliphatic carbocycles. The molecule has 0 amide bonds. The topological polar surface area (TPSA) is 68.3 Å². The predicted molar refractivity (Wildman–Crippen MR) is 151 cm³/mol. The van der Waals surface area contributed by atoms with Crippen LogP contribution in [0.5, 0.6) is 11.5 Å². The Labute approximate surface area is 214 Å². The molecular formula is C30H38N4O2. The maximum Gasteiger partial charge on any atom is 0.121 e. The van der Waals surface area contributed by atoms with Crippen molar-refractivity contribution in [1.29, 1.82) is 0 Å². The molecule has 0 fully saturated rings. The van der Waals surface area contributed by atoms with E-state index in [4.69, 9.17) is 9.47 Å². The SMILES string of the molecule is COc1ccc2c(NCCCCCCCCCCNc3ccnc4cc(OC)ccc34)ccnc2c1. The monoisotopic (exact) mass is 486 g/mol. The van der Waals surface area contributed by atoms with E-state index >= 15 is 0 Å². The van der Waals surface area contributed by atoms with Gasteiger partial charge in [-0.2, -0.15) is 0 Å². The molecule has 0 bridgehead atoms. The number of rotatable bonds is 15. The Balaban J connectivity index is 1.05. The van der Waals surface area contributed by atoms with Gasteiger partial charge in [0.05, 0.1) is 25.3 Å². The molecular weight excluding hydrogens is 448 g/mol. The third-order valence-electron chi connectivity index (χ3n) is 6.63. The lowest BCUT2D eigenvalue weighted by Crippen LogP contribution is -2.02. The standard InChI is InChI=1S/C30H38N4O2/c1-35-23-11-13-25-27(15-19-33-29(25)21-23)31-17-9-7-5-3-4-6-8-10-18-32-28-16-20-34-30-22-24(36-2)12-14-26(28)30/h11-16,19-22H,3-10,17-18H2,1-2H3,(H,31,33)(H,32,34). The smallest absolute Gasteiger partial charge is 0.121 e. The number of nitrogens with zero attached hydrogens (tertiary/aromatic N) is 2. The summed E-state index contributed by atoms with van der Waals surface area (Å²) in [5, 5.41) is 9.45. The minimum Gasteiger partial charge on any atom is -0.497 e. The van der Waals surface area contributed by atoms with Gasteiger partial charge in [-0.3, -0.25) is 9.97 Å². The average Bonchev–Trinajstić information content (AvgIpc) is 2.93. The first-order valence-electron chi connectivity index (χ1n) is 13.1. The molecule has 0 unspecified atom stereocenters. The molecule has 190 valence electrons. The summed E-state index contributed by atoms with van der Waals surface area (Å²) in [6.07, 6.45) is 13.9. The van der Waals surface area contributed by atoms with Crippen LogP contribution in [0.25, 0.3) is 21.8 Å². The Morgan fingerprint density at radius 1 is 0.556 bits per heavy atom. The summed E-state index contributed by atoms with van der Waals surface area (Å²) < 4.78 is 10.6. The molecule has 6 nitrogen and oxygen atoms in total. The van der Waals surface area contributed by atoms with Crippen LogP contribution in [-0.4, -0.2) is 37.3 Å². The van der Waals surface area contributed by atoms with Crippen molar-refractivity contribution in [2.75, 3.05) is 37.9 Å². The summed E-state index contributed by atoms with van der Waals surface area (Å²) in [5.41, 5.74) is 4.22. The van der Waals surface area contributed by atoms with Crippen molar-refractivity contribution in [3.05, 3.63) is 60.9 Å². The minimum atomic E-state index is 0.840. The van der Waals surface area contributed by atoms with E-state index in [1.54, 1.807) is 14.2 Å². The van der Waals surface area contributed by atoms with E-state index in [1.807, 2.05) is 36.7 Å². The van der Waals surface area contributed by atoms with Crippen molar-refractivity contribution in [2.45, 2.75) is 51.4 Å². The lowest BCUT2D eigenvalue weighted by Gasteiger charge is -2.10. The summed E-state index contributed by atoms with van der Waals surface area (Å²) in [6.45, 7) is 1.99. The number of ether oxygens (including phenoxy) is 2. The summed E-state index contributed by atoms with van der Waals surface area (Å²) in [7, 11) is 3.37. The van der Waals surface area contributed by atoms with Gasteiger partial charge < -0.3 is 20.1 Å². The molecule has 2 N–H and O–H groups in total. The van der Waals surface area contributed by atoms with Gasteiger partial charge in [-0.05, 0) is 49.2 Å². The fourth-order valence-electron chi connectivity index (χ4n) is 4.57. The van der Waals surface area contributed by atoms with E-state index in [0.717, 1.165) is 57.8 Å². The maximum absolute atomic E-state index is 5.30. The van der Waals surface area contributed by atoms with Crippen LogP contribution >= 0.6 is 0 Å². The Morgan fingerprint density at radius 3 is 1.39 bits per heavy atom. The summed E-state index contributed by atoms with van der Waals surface area (Å²) in [5.74, 6) is 1.68. The number of hydrogen-bond donors (Lipinski definition) is 2. The number of aromatic nitrogens is 2. The summed E-state index contributed by atoms with van der Waals surface area (Å²) in [6, 6.07) is 16.2. The van der Waals surface area contributed by atoms with Crippen molar-refractivity contribution in [3.8, 4) is 11.5 Å². The highest BCUT2D eigenvalue weighted by Gasteiger charge is 2.04. The number of benzene rings is 2. The number of anilines is 2. The molecule has 4 aromatic rings. The molecule has 2 aromatic carbocycles. The van der Waals surface area contributed by atoms with E-state index in [-0.39, 0.29) is 0 Å². The van der Waals surface area contributed by atoms with Crippen LogP contribution in [-0.2, 0) is 0 Å². The highest BCUT2D eigenvalue weighted by molar-refractivity contribution is 5.92. The lowest BCUT2D eigenvalue weighted by molar-refractivity contribution is 0.415. The Bertz CT molecular complexity index is 1150. The van der Waals surface area contributed by atoms with Gasteiger partial charge in [0, 0.05) is 59.8 Å². The summed E-state index contributed by atoms with van der Waals surface area (Å²) in [4.78, 5) is 8.92. The second-order valence-electron chi connectivity index (χ2n) is 9.17. The van der Waals surface area contributed by atoms with Crippen molar-refractivity contribution >= 4 is 33.2 Å². The zero-order chi connectivity index (χ0) is 25.0. The maximum atomic E-state index is 5.30. The van der Waals surface area contributed by atoms with E-state index in [9.17, 15) is 0 Å². The van der Waals surface area contributed by atoms with Crippen LogP contribution in [0, 0.1) is 0 Å². The quantitative estimate of drug-likeness (QED) is 0.170. The van der Waals surface area contributed by atoms with Crippen molar-refractivity contribution in [2.24, 2.45) is 0 Å². The average molecular weight is 487 g/mol. The molecule has 0 radical (unpaired) electrons. The Hall–Kier alpha value is -3.54. The molecule has 0 atom stereocenters. The van der Waals surface area contributed by atoms with Crippen molar-refractivity contribution < 1.29 is 9.47 Å². The van der Waals surface area contributed by atoms with Crippen LogP contribution in [0.4, 0.5) is 11.4 Å². The van der Waals surface area contributed by atoms with Gasteiger partial charge in [0.25, 0.3) is 0 Å². The van der Waals surface area contributed by atoms with Gasteiger partial charge >= 0.3 is 0 Å². The zero-order valence-electron chi connectivity index (χ0n) is 21.6. The molecule has 36 heavy (non-hydrogen) atoms. The number of unbranched alkanes of at least 4 members (excludes halogenated alkanes) is 7. The van der Waals surface area contributed by atoms with Crippen molar-refractivity contribution in [3.63, 3.8) is 0 Å². The van der Waals surface area contributed by atoms with E-state index in [1.165, 1.54) is 51.4 Å². The number of nitrogens with one attached hydrogen (secondary N) is 2. The molecule has 6 heteroatoms. The molecule has 0 spiro atoms. The normalized spacial score (nSPS) is 11.1. The van der Waals surface area contributed by atoms with Gasteiger partial charge in [-0.25, -0.2) is 0 Å².